The van der Waals surface area contributed by atoms with Crippen LogP contribution in [0.4, 0.5) is 0 Å². The number of hydrogen-bond donors (Lipinski definition) is 0. The molecule has 0 unspecified atom stereocenters. The Labute approximate surface area is 109 Å². The molecule has 0 saturated heterocycles. The molecule has 1 aromatic carbocycles. The highest BCUT2D eigenvalue weighted by molar-refractivity contribution is 5.86. The summed E-state index contributed by atoms with van der Waals surface area (Å²) < 4.78 is 0. The van der Waals surface area contributed by atoms with Crippen molar-refractivity contribution in [3.8, 4) is 0 Å². The Bertz CT molecular complexity index is 519. The van der Waals surface area contributed by atoms with Gasteiger partial charge in [-0.25, -0.2) is 9.97 Å². The predicted molar refractivity (Wildman–Crippen MR) is 76.9 cm³/mol. The first-order valence-corrected chi connectivity index (χ1v) is 6.45. The van der Waals surface area contributed by atoms with E-state index in [9.17, 15) is 0 Å². The van der Waals surface area contributed by atoms with E-state index in [-0.39, 0.29) is 10.8 Å². The number of rotatable bonds is 0. The fraction of sp³-hybridized carbons (Fsp3) is 0.500. The van der Waals surface area contributed by atoms with Gasteiger partial charge in [0, 0.05) is 11.6 Å². The fourth-order valence-corrected chi connectivity index (χ4v) is 2.34. The molecule has 0 aliphatic carbocycles. The first-order chi connectivity index (χ1) is 8.21. The summed E-state index contributed by atoms with van der Waals surface area (Å²) in [5.41, 5.74) is 3.89. The first-order valence-electron chi connectivity index (χ1n) is 6.45. The van der Waals surface area contributed by atoms with Gasteiger partial charge in [0.25, 0.3) is 0 Å². The molecule has 2 heteroatoms. The maximum atomic E-state index is 4.51. The molecule has 1 heterocycles. The van der Waals surface area contributed by atoms with Crippen molar-refractivity contribution in [1.82, 2.24) is 9.97 Å². The molecule has 0 fully saturated rings. The lowest BCUT2D eigenvalue weighted by Gasteiger charge is -2.25. The minimum Gasteiger partial charge on any atom is -0.244 e. The standard InChI is InChI=1S/C16H22N2/c1-15(2,3)12-7-8-13(16(4,5)6)14-11(12)9-17-10-18-14/h7-10H,1-6H3. The summed E-state index contributed by atoms with van der Waals surface area (Å²) >= 11 is 0. The summed E-state index contributed by atoms with van der Waals surface area (Å²) in [5.74, 6) is 0. The molecule has 0 spiro atoms. The van der Waals surface area contributed by atoms with Gasteiger partial charge in [0.05, 0.1) is 5.52 Å². The van der Waals surface area contributed by atoms with Gasteiger partial charge in [0.15, 0.2) is 0 Å². The van der Waals surface area contributed by atoms with Crippen LogP contribution in [0.2, 0.25) is 0 Å². The van der Waals surface area contributed by atoms with Crippen LogP contribution in [0.15, 0.2) is 24.7 Å². The summed E-state index contributed by atoms with van der Waals surface area (Å²) in [4.78, 5) is 8.71. The number of hydrogen-bond acceptors (Lipinski definition) is 2. The normalized spacial score (nSPS) is 13.0. The van der Waals surface area contributed by atoms with Crippen LogP contribution in [0.3, 0.4) is 0 Å². The van der Waals surface area contributed by atoms with Gasteiger partial charge in [-0.2, -0.15) is 0 Å². The highest BCUT2D eigenvalue weighted by Gasteiger charge is 2.23. The molecule has 96 valence electrons. The molecule has 18 heavy (non-hydrogen) atoms. The average molecular weight is 242 g/mol. The lowest BCUT2D eigenvalue weighted by molar-refractivity contribution is 0.584. The van der Waals surface area contributed by atoms with E-state index in [2.05, 4.69) is 63.6 Å². The molecule has 0 N–H and O–H groups in total. The van der Waals surface area contributed by atoms with Crippen molar-refractivity contribution in [3.05, 3.63) is 35.8 Å². The molecular formula is C16H22N2. The van der Waals surface area contributed by atoms with E-state index in [1.54, 1.807) is 6.33 Å². The van der Waals surface area contributed by atoms with Crippen molar-refractivity contribution in [2.45, 2.75) is 52.4 Å². The van der Waals surface area contributed by atoms with E-state index in [0.29, 0.717) is 0 Å². The van der Waals surface area contributed by atoms with Crippen LogP contribution in [0.1, 0.15) is 52.7 Å². The highest BCUT2D eigenvalue weighted by atomic mass is 14.8. The molecule has 0 aliphatic rings. The van der Waals surface area contributed by atoms with Crippen LogP contribution in [0.5, 0.6) is 0 Å². The average Bonchev–Trinajstić information content (AvgIpc) is 2.24. The van der Waals surface area contributed by atoms with Crippen molar-refractivity contribution < 1.29 is 0 Å². The van der Waals surface area contributed by atoms with E-state index < -0.39 is 0 Å². The van der Waals surface area contributed by atoms with E-state index >= 15 is 0 Å². The Morgan fingerprint density at radius 1 is 0.833 bits per heavy atom. The van der Waals surface area contributed by atoms with Gasteiger partial charge >= 0.3 is 0 Å². The third kappa shape index (κ3) is 2.24. The van der Waals surface area contributed by atoms with E-state index in [1.807, 2.05) is 6.20 Å². The summed E-state index contributed by atoms with van der Waals surface area (Å²) in [6, 6.07) is 4.45. The van der Waals surface area contributed by atoms with Crippen molar-refractivity contribution >= 4 is 10.9 Å². The molecule has 2 rings (SSSR count). The van der Waals surface area contributed by atoms with E-state index in [0.717, 1.165) is 5.52 Å². The van der Waals surface area contributed by atoms with Gasteiger partial charge < -0.3 is 0 Å². The number of fused-ring (bicyclic) bond motifs is 1. The Kier molecular flexibility index (Phi) is 2.92. The Morgan fingerprint density at radius 3 is 1.94 bits per heavy atom. The van der Waals surface area contributed by atoms with Crippen molar-refractivity contribution in [2.75, 3.05) is 0 Å². The number of benzene rings is 1. The van der Waals surface area contributed by atoms with Gasteiger partial charge in [0.2, 0.25) is 0 Å². The van der Waals surface area contributed by atoms with Crippen LogP contribution in [0.25, 0.3) is 10.9 Å². The zero-order valence-electron chi connectivity index (χ0n) is 12.2. The number of aromatic nitrogens is 2. The zero-order chi connectivity index (χ0) is 13.6. The summed E-state index contributed by atoms with van der Waals surface area (Å²) in [6.45, 7) is 13.4. The Balaban J connectivity index is 2.83. The molecule has 0 atom stereocenters. The largest absolute Gasteiger partial charge is 0.244 e. The molecule has 0 saturated carbocycles. The van der Waals surface area contributed by atoms with Gasteiger partial charge in [0.1, 0.15) is 6.33 Å². The van der Waals surface area contributed by atoms with Gasteiger partial charge in [-0.05, 0) is 22.0 Å². The van der Waals surface area contributed by atoms with Crippen LogP contribution in [0, 0.1) is 0 Å². The van der Waals surface area contributed by atoms with E-state index in [1.165, 1.54) is 16.5 Å². The molecule has 0 bridgehead atoms. The smallest absolute Gasteiger partial charge is 0.116 e. The van der Waals surface area contributed by atoms with Gasteiger partial charge in [-0.15, -0.1) is 0 Å². The van der Waals surface area contributed by atoms with Gasteiger partial charge in [-0.3, -0.25) is 0 Å². The van der Waals surface area contributed by atoms with E-state index in [4.69, 9.17) is 0 Å². The van der Waals surface area contributed by atoms with Crippen LogP contribution >= 0.6 is 0 Å². The minimum absolute atomic E-state index is 0.100. The van der Waals surface area contributed by atoms with Crippen LogP contribution < -0.4 is 0 Å². The molecule has 0 radical (unpaired) electrons. The second kappa shape index (κ2) is 4.04. The maximum Gasteiger partial charge on any atom is 0.116 e. The molecule has 1 aromatic heterocycles. The van der Waals surface area contributed by atoms with Gasteiger partial charge in [-0.1, -0.05) is 53.7 Å². The summed E-state index contributed by atoms with van der Waals surface area (Å²) in [6.07, 6.45) is 3.59. The molecule has 0 amide bonds. The summed E-state index contributed by atoms with van der Waals surface area (Å²) in [5, 5.41) is 1.18. The second-order valence-electron chi connectivity index (χ2n) is 6.95. The van der Waals surface area contributed by atoms with Crippen molar-refractivity contribution in [3.63, 3.8) is 0 Å². The minimum atomic E-state index is 0.100. The topological polar surface area (TPSA) is 25.8 Å². The molecule has 2 aromatic rings. The predicted octanol–water partition coefficient (Wildman–Crippen LogP) is 4.22. The first kappa shape index (κ1) is 13.0. The SMILES string of the molecule is CC(C)(C)c1ccc(C(C)(C)C)c2ncncc12. The highest BCUT2D eigenvalue weighted by Crippen LogP contribution is 2.34. The lowest BCUT2D eigenvalue weighted by Crippen LogP contribution is -2.16. The van der Waals surface area contributed by atoms with Crippen molar-refractivity contribution in [1.29, 1.82) is 0 Å². The molecule has 0 aliphatic heterocycles. The monoisotopic (exact) mass is 242 g/mol. The molecular weight excluding hydrogens is 220 g/mol. The third-order valence-corrected chi connectivity index (χ3v) is 3.29. The quantitative estimate of drug-likeness (QED) is 0.691. The second-order valence-corrected chi connectivity index (χ2v) is 6.95. The zero-order valence-corrected chi connectivity index (χ0v) is 12.2. The Morgan fingerprint density at radius 2 is 1.39 bits per heavy atom. The third-order valence-electron chi connectivity index (χ3n) is 3.29. The fourth-order valence-electron chi connectivity index (χ4n) is 2.34. The lowest BCUT2D eigenvalue weighted by atomic mass is 9.80. The Hall–Kier alpha value is -1.44. The maximum absolute atomic E-state index is 4.51. The number of nitrogens with zero attached hydrogens (tertiary/aromatic N) is 2. The van der Waals surface area contributed by atoms with Crippen molar-refractivity contribution in [2.24, 2.45) is 0 Å². The van der Waals surface area contributed by atoms with Crippen LogP contribution in [-0.4, -0.2) is 9.97 Å². The van der Waals surface area contributed by atoms with Crippen LogP contribution in [-0.2, 0) is 10.8 Å². The summed E-state index contributed by atoms with van der Waals surface area (Å²) in [7, 11) is 0. The molecule has 2 nitrogen and oxygen atoms in total.